The molecule has 5 rings (SSSR count). The predicted molar refractivity (Wildman–Crippen MR) is 129 cm³/mol. The number of benzene rings is 3. The number of nitrogens with one attached hydrogen (secondary N) is 1. The van der Waals surface area contributed by atoms with E-state index in [1.165, 1.54) is 0 Å². The summed E-state index contributed by atoms with van der Waals surface area (Å²) in [6.45, 7) is 1.24. The maximum atomic E-state index is 12.6. The molecule has 0 atom stereocenters. The number of hydrogen-bond donors (Lipinski definition) is 1. The minimum Gasteiger partial charge on any atom is -0.352 e. The number of hydrogen-bond acceptors (Lipinski definition) is 3. The van der Waals surface area contributed by atoms with E-state index in [9.17, 15) is 9.59 Å². The third-order valence-corrected chi connectivity index (χ3v) is 6.03. The predicted octanol–water partition coefficient (Wildman–Crippen LogP) is 4.40. The molecule has 1 saturated heterocycles. The molecule has 0 spiro atoms. The molecule has 6 nitrogen and oxygen atoms in total. The van der Waals surface area contributed by atoms with Crippen LogP contribution in [0, 0.1) is 0 Å². The summed E-state index contributed by atoms with van der Waals surface area (Å²) in [6, 6.07) is 26.0. The number of aromatic nitrogens is 2. The van der Waals surface area contributed by atoms with Crippen molar-refractivity contribution in [1.82, 2.24) is 14.9 Å². The third kappa shape index (κ3) is 4.51. The quantitative estimate of drug-likeness (QED) is 0.465. The molecule has 4 aromatic rings. The van der Waals surface area contributed by atoms with Crippen LogP contribution in [-0.4, -0.2) is 27.9 Å². The van der Waals surface area contributed by atoms with Crippen LogP contribution in [-0.2, 0) is 22.6 Å². The topological polar surface area (TPSA) is 67.2 Å². The fourth-order valence-electron chi connectivity index (χ4n) is 4.34. The van der Waals surface area contributed by atoms with E-state index in [1.54, 1.807) is 0 Å². The van der Waals surface area contributed by atoms with Crippen molar-refractivity contribution in [2.45, 2.75) is 32.2 Å². The molecule has 1 aliphatic heterocycles. The van der Waals surface area contributed by atoms with Crippen LogP contribution in [0.4, 0.5) is 5.69 Å². The van der Waals surface area contributed by atoms with E-state index in [1.807, 2.05) is 65.6 Å². The lowest BCUT2D eigenvalue weighted by atomic mass is 10.2. The Morgan fingerprint density at radius 1 is 0.909 bits per heavy atom. The molecule has 1 aromatic heterocycles. The largest absolute Gasteiger partial charge is 0.352 e. The molecule has 0 radical (unpaired) electrons. The van der Waals surface area contributed by atoms with Crippen molar-refractivity contribution in [3.8, 4) is 5.69 Å². The van der Waals surface area contributed by atoms with E-state index in [-0.39, 0.29) is 11.8 Å². The second-order valence-corrected chi connectivity index (χ2v) is 8.28. The van der Waals surface area contributed by atoms with Crippen LogP contribution in [0.15, 0.2) is 78.9 Å². The van der Waals surface area contributed by atoms with Gasteiger partial charge in [-0.1, -0.05) is 42.5 Å². The van der Waals surface area contributed by atoms with Gasteiger partial charge < -0.3 is 10.2 Å². The summed E-state index contributed by atoms with van der Waals surface area (Å²) in [4.78, 5) is 31.1. The Kier molecular flexibility index (Phi) is 5.89. The number of rotatable bonds is 7. The maximum Gasteiger partial charge on any atom is 0.227 e. The summed E-state index contributed by atoms with van der Waals surface area (Å²) >= 11 is 0. The van der Waals surface area contributed by atoms with Crippen LogP contribution >= 0.6 is 0 Å². The molecule has 1 fully saturated rings. The van der Waals surface area contributed by atoms with Gasteiger partial charge in [0.2, 0.25) is 11.8 Å². The SMILES string of the molecule is O=C(CCc1nc2ccccc2n1-c1ccccc1)NCc1ccc(N2CCCC2=O)cc1. The molecule has 0 unspecified atom stereocenters. The van der Waals surface area contributed by atoms with Gasteiger partial charge in [-0.25, -0.2) is 4.98 Å². The van der Waals surface area contributed by atoms with E-state index in [0.717, 1.165) is 46.8 Å². The number of carbonyl (C=O) groups is 2. The van der Waals surface area contributed by atoms with Crippen molar-refractivity contribution >= 4 is 28.5 Å². The van der Waals surface area contributed by atoms with Gasteiger partial charge in [0.05, 0.1) is 11.0 Å². The van der Waals surface area contributed by atoms with Crippen molar-refractivity contribution in [2.75, 3.05) is 11.4 Å². The van der Waals surface area contributed by atoms with Crippen molar-refractivity contribution in [3.63, 3.8) is 0 Å². The van der Waals surface area contributed by atoms with Crippen LogP contribution in [0.1, 0.15) is 30.7 Å². The number of imidazole rings is 1. The van der Waals surface area contributed by atoms with Gasteiger partial charge in [0, 0.05) is 43.7 Å². The molecule has 166 valence electrons. The van der Waals surface area contributed by atoms with Gasteiger partial charge in [-0.05, 0) is 48.4 Å². The standard InChI is InChI=1S/C27H26N4O2/c32-26(28-19-20-12-14-21(15-13-20)30-18-6-11-27(30)33)17-16-25-29-23-9-4-5-10-24(23)31(25)22-7-2-1-3-8-22/h1-5,7-10,12-15H,6,11,16-19H2,(H,28,32). The van der Waals surface area contributed by atoms with Crippen LogP contribution in [0.25, 0.3) is 16.7 Å². The molecule has 2 amide bonds. The monoisotopic (exact) mass is 438 g/mol. The lowest BCUT2D eigenvalue weighted by molar-refractivity contribution is -0.121. The van der Waals surface area contributed by atoms with Gasteiger partial charge >= 0.3 is 0 Å². The molecule has 3 aromatic carbocycles. The average Bonchev–Trinajstić information content (AvgIpc) is 3.45. The fourth-order valence-corrected chi connectivity index (χ4v) is 4.34. The maximum absolute atomic E-state index is 12.6. The molecule has 33 heavy (non-hydrogen) atoms. The Bertz CT molecular complexity index is 1280. The molecular weight excluding hydrogens is 412 g/mol. The van der Waals surface area contributed by atoms with Gasteiger partial charge in [-0.2, -0.15) is 0 Å². The zero-order valence-electron chi connectivity index (χ0n) is 18.4. The highest BCUT2D eigenvalue weighted by atomic mass is 16.2. The minimum atomic E-state index is -0.0135. The summed E-state index contributed by atoms with van der Waals surface area (Å²) in [5.74, 6) is 1.04. The van der Waals surface area contributed by atoms with Gasteiger partial charge in [0.1, 0.15) is 5.82 Å². The van der Waals surface area contributed by atoms with Crippen molar-refractivity contribution < 1.29 is 9.59 Å². The minimum absolute atomic E-state index is 0.0135. The Hall–Kier alpha value is -3.93. The van der Waals surface area contributed by atoms with Gasteiger partial charge in [-0.15, -0.1) is 0 Å². The smallest absolute Gasteiger partial charge is 0.227 e. The zero-order chi connectivity index (χ0) is 22.6. The van der Waals surface area contributed by atoms with Crippen LogP contribution < -0.4 is 10.2 Å². The van der Waals surface area contributed by atoms with Crippen molar-refractivity contribution in [1.29, 1.82) is 0 Å². The first-order valence-electron chi connectivity index (χ1n) is 11.4. The summed E-state index contributed by atoms with van der Waals surface area (Å²) in [6.07, 6.45) is 2.44. The zero-order valence-corrected chi connectivity index (χ0v) is 18.4. The van der Waals surface area contributed by atoms with Crippen molar-refractivity contribution in [2.24, 2.45) is 0 Å². The summed E-state index contributed by atoms with van der Waals surface area (Å²) in [7, 11) is 0. The van der Waals surface area contributed by atoms with Gasteiger partial charge in [-0.3, -0.25) is 14.2 Å². The fraction of sp³-hybridized carbons (Fsp3) is 0.222. The molecule has 0 saturated carbocycles. The number of anilines is 1. The average molecular weight is 439 g/mol. The number of fused-ring (bicyclic) bond motifs is 1. The second kappa shape index (κ2) is 9.28. The lowest BCUT2D eigenvalue weighted by Crippen LogP contribution is -2.24. The Morgan fingerprint density at radius 3 is 2.42 bits per heavy atom. The highest BCUT2D eigenvalue weighted by molar-refractivity contribution is 5.95. The third-order valence-electron chi connectivity index (χ3n) is 6.03. The van der Waals surface area contributed by atoms with Crippen molar-refractivity contribution in [3.05, 3.63) is 90.3 Å². The molecule has 0 aliphatic carbocycles. The first kappa shape index (κ1) is 20.9. The number of carbonyl (C=O) groups excluding carboxylic acids is 2. The number of para-hydroxylation sites is 3. The van der Waals surface area contributed by atoms with E-state index in [2.05, 4.69) is 28.1 Å². The van der Waals surface area contributed by atoms with Crippen LogP contribution in [0.5, 0.6) is 0 Å². The van der Waals surface area contributed by atoms with E-state index in [0.29, 0.717) is 25.8 Å². The molecule has 2 heterocycles. The number of aryl methyl sites for hydroxylation is 1. The highest BCUT2D eigenvalue weighted by Crippen LogP contribution is 2.23. The summed E-state index contributed by atoms with van der Waals surface area (Å²) < 4.78 is 2.13. The second-order valence-electron chi connectivity index (χ2n) is 8.28. The van der Waals surface area contributed by atoms with Gasteiger partial charge in [0.25, 0.3) is 0 Å². The van der Waals surface area contributed by atoms with Gasteiger partial charge in [0.15, 0.2) is 0 Å². The first-order chi connectivity index (χ1) is 16.2. The Balaban J connectivity index is 1.22. The normalized spacial score (nSPS) is 13.6. The van der Waals surface area contributed by atoms with Crippen LogP contribution in [0.2, 0.25) is 0 Å². The number of amides is 2. The molecular formula is C27H26N4O2. The molecule has 0 bridgehead atoms. The lowest BCUT2D eigenvalue weighted by Gasteiger charge is -2.16. The Labute approximate surface area is 192 Å². The highest BCUT2D eigenvalue weighted by Gasteiger charge is 2.21. The first-order valence-corrected chi connectivity index (χ1v) is 11.4. The summed E-state index contributed by atoms with van der Waals surface area (Å²) in [5.41, 5.74) is 4.94. The van der Waals surface area contributed by atoms with E-state index in [4.69, 9.17) is 4.98 Å². The van der Waals surface area contributed by atoms with E-state index < -0.39 is 0 Å². The molecule has 1 aliphatic rings. The molecule has 6 heteroatoms. The number of nitrogens with zero attached hydrogens (tertiary/aromatic N) is 3. The summed E-state index contributed by atoms with van der Waals surface area (Å²) in [5, 5.41) is 3.00. The Morgan fingerprint density at radius 2 is 1.67 bits per heavy atom. The van der Waals surface area contributed by atoms with E-state index >= 15 is 0 Å². The molecule has 1 N–H and O–H groups in total. The van der Waals surface area contributed by atoms with Crippen LogP contribution in [0.3, 0.4) is 0 Å².